The molecule has 0 aliphatic heterocycles. The van der Waals surface area contributed by atoms with E-state index in [2.05, 4.69) is 15.4 Å². The molecule has 1 amide bonds. The molecule has 2 aromatic heterocycles. The SMILES string of the molecule is Cc1nc2c(cnn2C(C)C)cc1C(=O)Nc1ccc(S(=O)(=O)N(C)C)cc1. The molecule has 1 N–H and O–H groups in total. The summed E-state index contributed by atoms with van der Waals surface area (Å²) in [5.74, 6) is -0.313. The lowest BCUT2D eigenvalue weighted by Crippen LogP contribution is -2.22. The van der Waals surface area contributed by atoms with Crippen molar-refractivity contribution in [3.63, 3.8) is 0 Å². The zero-order valence-electron chi connectivity index (χ0n) is 16.5. The molecule has 0 bridgehead atoms. The second-order valence-corrected chi connectivity index (χ2v) is 9.13. The normalized spacial score (nSPS) is 12.1. The molecule has 0 radical (unpaired) electrons. The Hall–Kier alpha value is -2.78. The molecule has 3 rings (SSSR count). The highest BCUT2D eigenvalue weighted by atomic mass is 32.2. The lowest BCUT2D eigenvalue weighted by atomic mass is 10.1. The second-order valence-electron chi connectivity index (χ2n) is 6.98. The molecule has 3 aromatic rings. The molecule has 8 nitrogen and oxygen atoms in total. The standard InChI is InChI=1S/C19H23N5O3S/c1-12(2)24-18-14(11-20-24)10-17(13(3)21-18)19(25)22-15-6-8-16(9-7-15)28(26,27)23(4)5/h6-12H,1-5H3,(H,22,25). The first-order valence-corrected chi connectivity index (χ1v) is 10.2. The Bertz CT molecular complexity index is 1130. The number of carbonyl (C=O) groups excluding carboxylic acids is 1. The number of nitrogens with one attached hydrogen (secondary N) is 1. The molecule has 9 heteroatoms. The molecule has 0 saturated carbocycles. The van der Waals surface area contributed by atoms with Crippen molar-refractivity contribution in [2.24, 2.45) is 0 Å². The van der Waals surface area contributed by atoms with Crippen LogP contribution in [0.25, 0.3) is 11.0 Å². The molecule has 148 valence electrons. The van der Waals surface area contributed by atoms with Gasteiger partial charge in [-0.3, -0.25) is 4.79 Å². The Morgan fingerprint density at radius 3 is 2.39 bits per heavy atom. The van der Waals surface area contributed by atoms with Gasteiger partial charge < -0.3 is 5.32 Å². The highest BCUT2D eigenvalue weighted by molar-refractivity contribution is 7.89. The van der Waals surface area contributed by atoms with Crippen molar-refractivity contribution in [2.75, 3.05) is 19.4 Å². The zero-order chi connectivity index (χ0) is 20.6. The Kier molecular flexibility index (Phi) is 5.22. The Balaban J connectivity index is 1.86. The molecule has 1 aromatic carbocycles. The highest BCUT2D eigenvalue weighted by Crippen LogP contribution is 2.21. The van der Waals surface area contributed by atoms with Gasteiger partial charge in [-0.15, -0.1) is 0 Å². The van der Waals surface area contributed by atoms with Gasteiger partial charge in [0.15, 0.2) is 5.65 Å². The van der Waals surface area contributed by atoms with Crippen molar-refractivity contribution >= 4 is 32.7 Å². The number of aryl methyl sites for hydroxylation is 1. The van der Waals surface area contributed by atoms with Crippen molar-refractivity contribution < 1.29 is 13.2 Å². The summed E-state index contributed by atoms with van der Waals surface area (Å²) in [5.41, 5.74) is 2.28. The van der Waals surface area contributed by atoms with Gasteiger partial charge in [0.05, 0.1) is 22.3 Å². The third kappa shape index (κ3) is 3.63. The number of fused-ring (bicyclic) bond motifs is 1. The number of benzene rings is 1. The topological polar surface area (TPSA) is 97.2 Å². The van der Waals surface area contributed by atoms with Gasteiger partial charge in [-0.05, 0) is 51.1 Å². The summed E-state index contributed by atoms with van der Waals surface area (Å²) < 4.78 is 27.2. The zero-order valence-corrected chi connectivity index (χ0v) is 17.3. The predicted octanol–water partition coefficient (Wildman–Crippen LogP) is 2.82. The van der Waals surface area contributed by atoms with Gasteiger partial charge in [-0.1, -0.05) is 0 Å². The summed E-state index contributed by atoms with van der Waals surface area (Å²) >= 11 is 0. The van der Waals surface area contributed by atoms with Crippen molar-refractivity contribution in [2.45, 2.75) is 31.7 Å². The van der Waals surface area contributed by atoms with E-state index in [1.54, 1.807) is 31.3 Å². The van der Waals surface area contributed by atoms with E-state index >= 15 is 0 Å². The van der Waals surface area contributed by atoms with E-state index in [0.29, 0.717) is 16.9 Å². The Labute approximate surface area is 164 Å². The van der Waals surface area contributed by atoms with Crippen LogP contribution in [0.4, 0.5) is 5.69 Å². The van der Waals surface area contributed by atoms with Crippen LogP contribution in [0.5, 0.6) is 0 Å². The first kappa shape index (κ1) is 20.0. The smallest absolute Gasteiger partial charge is 0.257 e. The monoisotopic (exact) mass is 401 g/mol. The summed E-state index contributed by atoms with van der Waals surface area (Å²) in [5, 5.41) is 7.90. The summed E-state index contributed by atoms with van der Waals surface area (Å²) in [6, 6.07) is 7.99. The molecule has 2 heterocycles. The van der Waals surface area contributed by atoms with Crippen LogP contribution in [0, 0.1) is 6.92 Å². The number of rotatable bonds is 5. The van der Waals surface area contributed by atoms with Crippen molar-refractivity contribution in [1.82, 2.24) is 19.1 Å². The van der Waals surface area contributed by atoms with E-state index in [4.69, 9.17) is 0 Å². The van der Waals surface area contributed by atoms with Crippen LogP contribution in [0.1, 0.15) is 35.9 Å². The third-order valence-corrected chi connectivity index (χ3v) is 6.21. The number of hydrogen-bond acceptors (Lipinski definition) is 5. The molecule has 0 aliphatic carbocycles. The Morgan fingerprint density at radius 2 is 1.82 bits per heavy atom. The van der Waals surface area contributed by atoms with Gasteiger partial charge in [0.25, 0.3) is 5.91 Å². The number of sulfonamides is 1. The van der Waals surface area contributed by atoms with E-state index in [-0.39, 0.29) is 16.8 Å². The Morgan fingerprint density at radius 1 is 1.18 bits per heavy atom. The minimum Gasteiger partial charge on any atom is -0.322 e. The fourth-order valence-corrected chi connectivity index (χ4v) is 3.69. The molecular formula is C19H23N5O3S. The lowest BCUT2D eigenvalue weighted by Gasteiger charge is -2.12. The number of aromatic nitrogens is 3. The maximum absolute atomic E-state index is 12.7. The van der Waals surface area contributed by atoms with Crippen LogP contribution in [-0.2, 0) is 10.0 Å². The van der Waals surface area contributed by atoms with E-state index in [0.717, 1.165) is 15.3 Å². The molecule has 0 atom stereocenters. The second kappa shape index (κ2) is 7.33. The van der Waals surface area contributed by atoms with Crippen molar-refractivity contribution in [3.8, 4) is 0 Å². The minimum atomic E-state index is -3.51. The van der Waals surface area contributed by atoms with Crippen LogP contribution in [0.2, 0.25) is 0 Å². The lowest BCUT2D eigenvalue weighted by molar-refractivity contribution is 0.102. The van der Waals surface area contributed by atoms with Crippen molar-refractivity contribution in [1.29, 1.82) is 0 Å². The van der Waals surface area contributed by atoms with Gasteiger partial charge in [0.2, 0.25) is 10.0 Å². The quantitative estimate of drug-likeness (QED) is 0.709. The van der Waals surface area contributed by atoms with Gasteiger partial charge in [-0.25, -0.2) is 22.4 Å². The minimum absolute atomic E-state index is 0.163. The number of anilines is 1. The van der Waals surface area contributed by atoms with E-state index in [1.807, 2.05) is 18.5 Å². The van der Waals surface area contributed by atoms with Crippen molar-refractivity contribution in [3.05, 3.63) is 47.8 Å². The summed E-state index contributed by atoms with van der Waals surface area (Å²) in [7, 11) is -0.568. The van der Waals surface area contributed by atoms with Crippen LogP contribution in [-0.4, -0.2) is 47.5 Å². The van der Waals surface area contributed by atoms with E-state index in [1.165, 1.54) is 26.2 Å². The fourth-order valence-electron chi connectivity index (χ4n) is 2.79. The van der Waals surface area contributed by atoms with E-state index in [9.17, 15) is 13.2 Å². The fraction of sp³-hybridized carbons (Fsp3) is 0.316. The van der Waals surface area contributed by atoms with Crippen LogP contribution in [0.3, 0.4) is 0 Å². The summed E-state index contributed by atoms with van der Waals surface area (Å²) in [6.45, 7) is 5.81. The average Bonchev–Trinajstić information content (AvgIpc) is 3.04. The molecular weight excluding hydrogens is 378 g/mol. The first-order chi connectivity index (χ1) is 13.1. The van der Waals surface area contributed by atoms with Gasteiger partial charge in [0.1, 0.15) is 0 Å². The molecule has 0 spiro atoms. The average molecular weight is 401 g/mol. The maximum Gasteiger partial charge on any atom is 0.257 e. The number of amides is 1. The first-order valence-electron chi connectivity index (χ1n) is 8.80. The summed E-state index contributed by atoms with van der Waals surface area (Å²) in [4.78, 5) is 17.4. The van der Waals surface area contributed by atoms with Crippen LogP contribution < -0.4 is 5.32 Å². The highest BCUT2D eigenvalue weighted by Gasteiger charge is 2.18. The molecule has 0 unspecified atom stereocenters. The molecule has 0 aliphatic rings. The number of pyridine rings is 1. The number of hydrogen-bond donors (Lipinski definition) is 1. The van der Waals surface area contributed by atoms with Gasteiger partial charge >= 0.3 is 0 Å². The summed E-state index contributed by atoms with van der Waals surface area (Å²) in [6.07, 6.45) is 1.69. The maximum atomic E-state index is 12.7. The van der Waals surface area contributed by atoms with E-state index < -0.39 is 10.0 Å². The molecule has 0 fully saturated rings. The third-order valence-electron chi connectivity index (χ3n) is 4.38. The van der Waals surface area contributed by atoms with Gasteiger partial charge in [0, 0.05) is 31.2 Å². The largest absolute Gasteiger partial charge is 0.322 e. The predicted molar refractivity (Wildman–Crippen MR) is 108 cm³/mol. The van der Waals surface area contributed by atoms with Crippen LogP contribution in [0.15, 0.2) is 41.4 Å². The number of nitrogens with zero attached hydrogens (tertiary/aromatic N) is 4. The van der Waals surface area contributed by atoms with Gasteiger partial charge in [-0.2, -0.15) is 5.10 Å². The molecule has 0 saturated heterocycles. The molecule has 28 heavy (non-hydrogen) atoms. The number of carbonyl (C=O) groups is 1. The van der Waals surface area contributed by atoms with Crippen LogP contribution >= 0.6 is 0 Å².